The van der Waals surface area contributed by atoms with Gasteiger partial charge in [0.25, 0.3) is 5.56 Å². The molecule has 1 amide bonds. The van der Waals surface area contributed by atoms with Gasteiger partial charge in [0.1, 0.15) is 11.2 Å². The molecule has 0 radical (unpaired) electrons. The first-order valence-corrected chi connectivity index (χ1v) is 11.6. The van der Waals surface area contributed by atoms with Crippen molar-refractivity contribution in [1.82, 2.24) is 24.2 Å². The molecule has 2 aliphatic heterocycles. The Morgan fingerprint density at radius 3 is 2.61 bits per heavy atom. The topological polar surface area (TPSA) is 73.0 Å². The average Bonchev–Trinajstić information content (AvgIpc) is 3.34. The third kappa shape index (κ3) is 3.44. The van der Waals surface area contributed by atoms with Crippen LogP contribution in [0.2, 0.25) is 0 Å². The smallest absolute Gasteiger partial charge is 0.265 e. The highest BCUT2D eigenvalue weighted by molar-refractivity contribution is 7.99. The van der Waals surface area contributed by atoms with E-state index < -0.39 is 0 Å². The van der Waals surface area contributed by atoms with E-state index in [-0.39, 0.29) is 35.4 Å². The lowest BCUT2D eigenvalue weighted by Gasteiger charge is -2.39. The Bertz CT molecular complexity index is 1200. The second kappa shape index (κ2) is 7.78. The van der Waals surface area contributed by atoms with E-state index in [0.29, 0.717) is 34.1 Å². The van der Waals surface area contributed by atoms with Crippen LogP contribution in [0.4, 0.5) is 4.39 Å². The summed E-state index contributed by atoms with van der Waals surface area (Å²) in [6.45, 7) is 4.21. The van der Waals surface area contributed by atoms with Crippen LogP contribution in [0.15, 0.2) is 40.4 Å². The van der Waals surface area contributed by atoms with Crippen molar-refractivity contribution >= 4 is 28.7 Å². The second-order valence-electron chi connectivity index (χ2n) is 8.44. The van der Waals surface area contributed by atoms with Crippen LogP contribution in [0.3, 0.4) is 0 Å². The van der Waals surface area contributed by atoms with Gasteiger partial charge in [0.15, 0.2) is 10.8 Å². The Hall–Kier alpha value is -2.68. The van der Waals surface area contributed by atoms with Crippen molar-refractivity contribution in [2.24, 2.45) is 0 Å². The summed E-state index contributed by atoms with van der Waals surface area (Å²) >= 11 is 1.48. The fraction of sp³-hybridized carbons (Fsp3) is 0.455. The maximum Gasteiger partial charge on any atom is 0.265 e. The average molecular weight is 442 g/mol. The van der Waals surface area contributed by atoms with E-state index in [1.165, 1.54) is 30.1 Å². The van der Waals surface area contributed by atoms with Crippen molar-refractivity contribution in [2.75, 3.05) is 5.75 Å². The molecule has 2 aliphatic rings. The van der Waals surface area contributed by atoms with Gasteiger partial charge < -0.3 is 4.90 Å². The predicted octanol–water partition coefficient (Wildman–Crippen LogP) is 3.55. The van der Waals surface area contributed by atoms with Crippen LogP contribution in [0, 0.1) is 5.82 Å². The number of carbonyl (C=O) groups is 1. The first-order chi connectivity index (χ1) is 14.9. The molecular weight excluding hydrogens is 417 g/mol. The van der Waals surface area contributed by atoms with Gasteiger partial charge in [-0.3, -0.25) is 14.2 Å². The van der Waals surface area contributed by atoms with E-state index >= 15 is 0 Å². The van der Waals surface area contributed by atoms with E-state index in [1.807, 2.05) is 4.90 Å². The molecule has 0 aliphatic carbocycles. The number of benzene rings is 1. The lowest BCUT2D eigenvalue weighted by Crippen LogP contribution is -2.48. The van der Waals surface area contributed by atoms with E-state index in [0.717, 1.165) is 19.3 Å². The fourth-order valence-electron chi connectivity index (χ4n) is 4.77. The molecule has 7 nitrogen and oxygen atoms in total. The first-order valence-electron chi connectivity index (χ1n) is 10.6. The van der Waals surface area contributed by atoms with Crippen molar-refractivity contribution < 1.29 is 9.18 Å². The molecule has 0 bridgehead atoms. The zero-order valence-electron chi connectivity index (χ0n) is 17.5. The second-order valence-corrected chi connectivity index (χ2v) is 9.43. The quantitative estimate of drug-likeness (QED) is 0.581. The lowest BCUT2D eigenvalue weighted by atomic mass is 9.96. The summed E-state index contributed by atoms with van der Waals surface area (Å²) < 4.78 is 16.5. The minimum absolute atomic E-state index is 0.104. The van der Waals surface area contributed by atoms with Gasteiger partial charge in [0, 0.05) is 24.3 Å². The van der Waals surface area contributed by atoms with Crippen molar-refractivity contribution in [3.05, 3.63) is 46.6 Å². The van der Waals surface area contributed by atoms with Crippen molar-refractivity contribution in [3.63, 3.8) is 0 Å². The summed E-state index contributed by atoms with van der Waals surface area (Å²) in [6, 6.07) is 6.15. The molecule has 0 spiro atoms. The van der Waals surface area contributed by atoms with Crippen molar-refractivity contribution in [3.8, 4) is 5.69 Å². The molecule has 0 saturated carbocycles. The summed E-state index contributed by atoms with van der Waals surface area (Å²) in [7, 11) is 0. The molecule has 31 heavy (non-hydrogen) atoms. The maximum absolute atomic E-state index is 13.3. The largest absolute Gasteiger partial charge is 0.337 e. The van der Waals surface area contributed by atoms with Crippen LogP contribution >= 0.6 is 11.8 Å². The number of fused-ring (bicyclic) bond motifs is 2. The van der Waals surface area contributed by atoms with Crippen LogP contribution in [-0.4, -0.2) is 48.0 Å². The molecule has 9 heteroatoms. The molecule has 0 N–H and O–H groups in total. The number of carbonyl (C=O) groups excluding carboxylic acids is 1. The van der Waals surface area contributed by atoms with Gasteiger partial charge in [-0.15, -0.1) is 0 Å². The van der Waals surface area contributed by atoms with Crippen LogP contribution < -0.4 is 5.56 Å². The van der Waals surface area contributed by atoms with Gasteiger partial charge in [0.05, 0.1) is 17.9 Å². The Kier molecular flexibility index (Phi) is 5.08. The number of thioether (sulfide) groups is 1. The minimum atomic E-state index is -0.338. The molecule has 162 valence electrons. The molecule has 3 aromatic rings. The summed E-state index contributed by atoms with van der Waals surface area (Å²) in [5.41, 5.74) is 0.896. The number of rotatable bonds is 3. The number of aromatic nitrogens is 4. The zero-order valence-corrected chi connectivity index (χ0v) is 18.3. The molecule has 3 unspecified atom stereocenters. The molecular formula is C22H24FN5O2S. The number of piperidine rings is 1. The molecule has 4 heterocycles. The third-order valence-corrected chi connectivity index (χ3v) is 7.43. The molecule has 1 aromatic carbocycles. The van der Waals surface area contributed by atoms with Gasteiger partial charge in [-0.25, -0.2) is 14.1 Å². The predicted molar refractivity (Wildman–Crippen MR) is 117 cm³/mol. The molecule has 1 fully saturated rings. The molecule has 5 rings (SSSR count). The maximum atomic E-state index is 13.3. The van der Waals surface area contributed by atoms with Gasteiger partial charge in [-0.1, -0.05) is 11.8 Å². The molecule has 1 saturated heterocycles. The molecule has 3 atom stereocenters. The monoisotopic (exact) mass is 441 g/mol. The number of amides is 1. The van der Waals surface area contributed by atoms with Crippen LogP contribution in [0.25, 0.3) is 16.7 Å². The van der Waals surface area contributed by atoms with Gasteiger partial charge in [-0.05, 0) is 57.4 Å². The van der Waals surface area contributed by atoms with Gasteiger partial charge in [0.2, 0.25) is 5.91 Å². The van der Waals surface area contributed by atoms with Crippen molar-refractivity contribution in [1.29, 1.82) is 0 Å². The van der Waals surface area contributed by atoms with Crippen LogP contribution in [0.5, 0.6) is 0 Å². The van der Waals surface area contributed by atoms with Gasteiger partial charge in [-0.2, -0.15) is 5.10 Å². The third-order valence-electron chi connectivity index (χ3n) is 6.33. The normalized spacial score (nSPS) is 23.3. The number of hydrogen-bond acceptors (Lipinski definition) is 5. The SMILES string of the molecule is CC1CCCC(C)N1C(=O)CC1CSc2nc3c(cnn3-c3ccc(F)cc3)c(=O)n21. The van der Waals surface area contributed by atoms with Gasteiger partial charge >= 0.3 is 0 Å². The highest BCUT2D eigenvalue weighted by atomic mass is 32.2. The molecule has 2 aromatic heterocycles. The van der Waals surface area contributed by atoms with Crippen LogP contribution in [0.1, 0.15) is 45.6 Å². The summed E-state index contributed by atoms with van der Waals surface area (Å²) in [6.07, 6.45) is 4.99. The first kappa shape index (κ1) is 20.2. The highest BCUT2D eigenvalue weighted by Gasteiger charge is 2.34. The number of halogens is 1. The van der Waals surface area contributed by atoms with Crippen molar-refractivity contribution in [2.45, 2.75) is 62.8 Å². The highest BCUT2D eigenvalue weighted by Crippen LogP contribution is 2.35. The van der Waals surface area contributed by atoms with E-state index in [1.54, 1.807) is 21.4 Å². The zero-order chi connectivity index (χ0) is 21.7. The van der Waals surface area contributed by atoms with E-state index in [4.69, 9.17) is 0 Å². The number of nitrogens with zero attached hydrogens (tertiary/aromatic N) is 5. The number of likely N-dealkylation sites (tertiary alicyclic amines) is 1. The Morgan fingerprint density at radius 2 is 1.90 bits per heavy atom. The summed E-state index contributed by atoms with van der Waals surface area (Å²) in [4.78, 5) is 33.1. The number of hydrogen-bond donors (Lipinski definition) is 0. The summed E-state index contributed by atoms with van der Waals surface area (Å²) in [5.74, 6) is 0.406. The minimum Gasteiger partial charge on any atom is -0.337 e. The van der Waals surface area contributed by atoms with Crippen LogP contribution in [-0.2, 0) is 4.79 Å². The Balaban J connectivity index is 1.47. The Labute approximate surface area is 183 Å². The standard InChI is InChI=1S/C22H24FN5O2S/c1-13-4-3-5-14(2)26(13)19(29)10-17-12-31-22-25-20-18(21(30)27(17)22)11-24-28(20)16-8-6-15(23)7-9-16/h6-9,11,13-14,17H,3-5,10,12H2,1-2H3. The lowest BCUT2D eigenvalue weighted by molar-refractivity contribution is -0.138. The van der Waals surface area contributed by atoms with E-state index in [9.17, 15) is 14.0 Å². The van der Waals surface area contributed by atoms with E-state index in [2.05, 4.69) is 23.9 Å². The summed E-state index contributed by atoms with van der Waals surface area (Å²) in [5, 5.41) is 5.30. The Morgan fingerprint density at radius 1 is 1.19 bits per heavy atom. The fourth-order valence-corrected chi connectivity index (χ4v) is 5.90.